The van der Waals surface area contributed by atoms with E-state index in [-0.39, 0.29) is 18.4 Å². The highest BCUT2D eigenvalue weighted by atomic mass is 35.5. The lowest BCUT2D eigenvalue weighted by Crippen LogP contribution is -2.33. The van der Waals surface area contributed by atoms with Gasteiger partial charge in [-0.2, -0.15) is 0 Å². The molecule has 1 aliphatic rings. The number of methoxy groups -OCH3 is 1. The van der Waals surface area contributed by atoms with E-state index in [1.165, 1.54) is 4.90 Å². The monoisotopic (exact) mass is 432 g/mol. The molecule has 0 spiro atoms. The Morgan fingerprint density at radius 2 is 1.52 bits per heavy atom. The predicted octanol–water partition coefficient (Wildman–Crippen LogP) is 4.77. The maximum absolute atomic E-state index is 13.5. The molecule has 6 heteroatoms. The summed E-state index contributed by atoms with van der Waals surface area (Å²) in [6, 6.07) is 23.8. The lowest BCUT2D eigenvalue weighted by Gasteiger charge is -2.21. The number of anilines is 1. The molecule has 0 bridgehead atoms. The molecule has 156 valence electrons. The second-order valence-electron chi connectivity index (χ2n) is 7.14. The van der Waals surface area contributed by atoms with E-state index in [0.717, 1.165) is 11.3 Å². The first kappa shape index (κ1) is 20.7. The highest BCUT2D eigenvalue weighted by molar-refractivity contribution is 6.37. The molecule has 0 saturated carbocycles. The number of ether oxygens (including phenoxy) is 1. The molecule has 0 unspecified atom stereocenters. The summed E-state index contributed by atoms with van der Waals surface area (Å²) >= 11 is 5.98. The number of imide groups is 1. The number of likely N-dealkylation sites (N-methyl/N-ethyl adjacent to an activating group) is 1. The number of carbonyl (C=O) groups excluding carboxylic acids is 2. The summed E-state index contributed by atoms with van der Waals surface area (Å²) in [7, 11) is 3.34. The minimum Gasteiger partial charge on any atom is -0.496 e. The van der Waals surface area contributed by atoms with Crippen LogP contribution >= 0.6 is 11.6 Å². The first-order valence-corrected chi connectivity index (χ1v) is 10.2. The fourth-order valence-electron chi connectivity index (χ4n) is 3.67. The molecule has 1 aliphatic heterocycles. The van der Waals surface area contributed by atoms with Crippen molar-refractivity contribution < 1.29 is 14.3 Å². The molecule has 0 aliphatic carbocycles. The third kappa shape index (κ3) is 3.92. The summed E-state index contributed by atoms with van der Waals surface area (Å²) in [4.78, 5) is 30.1. The van der Waals surface area contributed by atoms with E-state index in [4.69, 9.17) is 16.3 Å². The summed E-state index contributed by atoms with van der Waals surface area (Å²) in [6.07, 6.45) is 0. The van der Waals surface area contributed by atoms with E-state index in [9.17, 15) is 9.59 Å². The average Bonchev–Trinajstić information content (AvgIpc) is 3.05. The van der Waals surface area contributed by atoms with E-state index in [2.05, 4.69) is 0 Å². The molecule has 0 N–H and O–H groups in total. The summed E-state index contributed by atoms with van der Waals surface area (Å²) < 4.78 is 5.49. The van der Waals surface area contributed by atoms with Crippen LogP contribution in [0.4, 0.5) is 5.69 Å². The van der Waals surface area contributed by atoms with Gasteiger partial charge in [-0.25, -0.2) is 0 Å². The Labute approximate surface area is 186 Å². The molecule has 0 fully saturated rings. The van der Waals surface area contributed by atoms with E-state index in [1.807, 2.05) is 54.6 Å². The Bertz CT molecular complexity index is 1160. The Balaban J connectivity index is 1.82. The van der Waals surface area contributed by atoms with Crippen LogP contribution in [0.5, 0.6) is 5.75 Å². The fraction of sp³-hybridized carbons (Fsp3) is 0.120. The van der Waals surface area contributed by atoms with Gasteiger partial charge in [-0.1, -0.05) is 60.1 Å². The Morgan fingerprint density at radius 3 is 2.19 bits per heavy atom. The number of rotatable bonds is 6. The van der Waals surface area contributed by atoms with Gasteiger partial charge in [0.2, 0.25) is 0 Å². The third-order valence-corrected chi connectivity index (χ3v) is 5.50. The van der Waals surface area contributed by atoms with Crippen LogP contribution in [0, 0.1) is 0 Å². The number of carbonyl (C=O) groups is 2. The van der Waals surface area contributed by atoms with E-state index in [1.54, 1.807) is 43.3 Å². The van der Waals surface area contributed by atoms with E-state index in [0.29, 0.717) is 27.6 Å². The molecule has 3 aromatic carbocycles. The van der Waals surface area contributed by atoms with Crippen molar-refractivity contribution in [2.45, 2.75) is 6.54 Å². The van der Waals surface area contributed by atoms with Crippen LogP contribution in [-0.4, -0.2) is 30.9 Å². The summed E-state index contributed by atoms with van der Waals surface area (Å²) in [5.41, 5.74) is 2.84. The number of benzene rings is 3. The van der Waals surface area contributed by atoms with Gasteiger partial charge in [0, 0.05) is 23.3 Å². The molecule has 0 aromatic heterocycles. The van der Waals surface area contributed by atoms with Gasteiger partial charge in [-0.3, -0.25) is 14.5 Å². The van der Waals surface area contributed by atoms with Gasteiger partial charge < -0.3 is 9.64 Å². The van der Waals surface area contributed by atoms with E-state index >= 15 is 0 Å². The SMILES string of the molecule is COc1ccccc1C1=C(N(C)c2ccccc2)C(=O)N(Cc2ccc(Cl)cc2)C1=O. The normalized spacial score (nSPS) is 13.7. The Morgan fingerprint density at radius 1 is 0.871 bits per heavy atom. The summed E-state index contributed by atoms with van der Waals surface area (Å²) in [5.74, 6) is -0.180. The number of hydrogen-bond acceptors (Lipinski definition) is 4. The molecular weight excluding hydrogens is 412 g/mol. The molecule has 3 aromatic rings. The molecule has 0 radical (unpaired) electrons. The largest absolute Gasteiger partial charge is 0.496 e. The molecule has 2 amide bonds. The molecule has 5 nitrogen and oxygen atoms in total. The zero-order chi connectivity index (χ0) is 22.0. The maximum atomic E-state index is 13.5. The van der Waals surface area contributed by atoms with Crippen LogP contribution in [0.2, 0.25) is 5.02 Å². The highest BCUT2D eigenvalue weighted by Gasteiger charge is 2.42. The number of amides is 2. The number of halogens is 1. The molecule has 31 heavy (non-hydrogen) atoms. The van der Waals surface area contributed by atoms with Crippen LogP contribution in [0.3, 0.4) is 0 Å². The molecule has 1 heterocycles. The Kier molecular flexibility index (Phi) is 5.78. The van der Waals surface area contributed by atoms with E-state index < -0.39 is 0 Å². The summed E-state index contributed by atoms with van der Waals surface area (Å²) in [6.45, 7) is 0.152. The molecule has 0 atom stereocenters. The molecule has 0 saturated heterocycles. The molecular formula is C25H21ClN2O3. The second-order valence-corrected chi connectivity index (χ2v) is 7.58. The minimum absolute atomic E-state index is 0.152. The van der Waals surface area contributed by atoms with Crippen LogP contribution in [0.1, 0.15) is 11.1 Å². The van der Waals surface area contributed by atoms with Gasteiger partial charge in [-0.05, 0) is 35.9 Å². The second kappa shape index (κ2) is 8.66. The smallest absolute Gasteiger partial charge is 0.278 e. The minimum atomic E-state index is -0.359. The van der Waals surface area contributed by atoms with Crippen LogP contribution in [-0.2, 0) is 16.1 Å². The maximum Gasteiger partial charge on any atom is 0.278 e. The van der Waals surface area contributed by atoms with Crippen LogP contribution in [0.15, 0.2) is 84.6 Å². The van der Waals surface area contributed by atoms with Gasteiger partial charge in [0.05, 0.1) is 19.2 Å². The number of nitrogens with zero attached hydrogens (tertiary/aromatic N) is 2. The van der Waals surface area contributed by atoms with Crippen molar-refractivity contribution in [2.75, 3.05) is 19.1 Å². The van der Waals surface area contributed by atoms with Gasteiger partial charge >= 0.3 is 0 Å². The number of hydrogen-bond donors (Lipinski definition) is 0. The lowest BCUT2D eigenvalue weighted by molar-refractivity contribution is -0.137. The quantitative estimate of drug-likeness (QED) is 0.527. The fourth-order valence-corrected chi connectivity index (χ4v) is 3.79. The van der Waals surface area contributed by atoms with Gasteiger partial charge in [0.25, 0.3) is 11.8 Å². The number of para-hydroxylation sites is 2. The van der Waals surface area contributed by atoms with Crippen molar-refractivity contribution in [1.82, 2.24) is 4.90 Å². The van der Waals surface area contributed by atoms with Crippen molar-refractivity contribution in [3.05, 3.63) is 101 Å². The van der Waals surface area contributed by atoms with Gasteiger partial charge in [-0.15, -0.1) is 0 Å². The standard InChI is InChI=1S/C25H21ClN2O3/c1-27(19-8-4-3-5-9-19)23-22(20-10-6-7-11-21(20)31-2)24(29)28(25(23)30)16-17-12-14-18(26)15-13-17/h3-15H,16H2,1-2H3. The Hall–Kier alpha value is -3.57. The third-order valence-electron chi connectivity index (χ3n) is 5.25. The zero-order valence-electron chi connectivity index (χ0n) is 17.2. The first-order chi connectivity index (χ1) is 15.0. The van der Waals surface area contributed by atoms with Crippen LogP contribution in [0.25, 0.3) is 5.57 Å². The van der Waals surface area contributed by atoms with Crippen molar-refractivity contribution in [3.8, 4) is 5.75 Å². The van der Waals surface area contributed by atoms with Crippen LogP contribution < -0.4 is 9.64 Å². The topological polar surface area (TPSA) is 49.9 Å². The summed E-state index contributed by atoms with van der Waals surface area (Å²) in [5, 5.41) is 0.597. The molecule has 4 rings (SSSR count). The lowest BCUT2D eigenvalue weighted by atomic mass is 10.0. The van der Waals surface area contributed by atoms with Gasteiger partial charge in [0.15, 0.2) is 0 Å². The highest BCUT2D eigenvalue weighted by Crippen LogP contribution is 2.37. The first-order valence-electron chi connectivity index (χ1n) is 9.78. The predicted molar refractivity (Wildman–Crippen MR) is 122 cm³/mol. The van der Waals surface area contributed by atoms with Gasteiger partial charge in [0.1, 0.15) is 11.4 Å². The van der Waals surface area contributed by atoms with Crippen molar-refractivity contribution >= 4 is 34.7 Å². The van der Waals surface area contributed by atoms with Crippen molar-refractivity contribution in [1.29, 1.82) is 0 Å². The average molecular weight is 433 g/mol. The zero-order valence-corrected chi connectivity index (χ0v) is 18.0. The van der Waals surface area contributed by atoms with Crippen molar-refractivity contribution in [2.24, 2.45) is 0 Å². The van der Waals surface area contributed by atoms with Crippen molar-refractivity contribution in [3.63, 3.8) is 0 Å².